The van der Waals surface area contributed by atoms with E-state index in [0.29, 0.717) is 18.0 Å². The fourth-order valence-electron chi connectivity index (χ4n) is 4.89. The number of benzene rings is 1. The van der Waals surface area contributed by atoms with Gasteiger partial charge >= 0.3 is 0 Å². The monoisotopic (exact) mass is 408 g/mol. The Balaban J connectivity index is 1.74. The van der Waals surface area contributed by atoms with Crippen LogP contribution in [0.4, 0.5) is 5.69 Å². The van der Waals surface area contributed by atoms with Crippen LogP contribution in [-0.2, 0) is 6.42 Å². The van der Waals surface area contributed by atoms with Crippen LogP contribution in [0.2, 0.25) is 0 Å². The molecule has 1 amide bonds. The second kappa shape index (κ2) is 7.58. The summed E-state index contributed by atoms with van der Waals surface area (Å²) in [6.07, 6.45) is 3.48. The molecule has 3 N–H and O–H groups in total. The average molecular weight is 409 g/mol. The number of nitrogens with two attached hydrogens (primary N) is 1. The number of ketones is 1. The summed E-state index contributed by atoms with van der Waals surface area (Å²) in [4.78, 5) is 27.1. The topological polar surface area (TPSA) is 80.4 Å². The molecule has 30 heavy (non-hydrogen) atoms. The Kier molecular flexibility index (Phi) is 5.22. The van der Waals surface area contributed by atoms with Gasteiger partial charge in [-0.3, -0.25) is 9.59 Å². The summed E-state index contributed by atoms with van der Waals surface area (Å²) in [5.74, 6) is -0.221. The second-order valence-corrected chi connectivity index (χ2v) is 9.74. The van der Waals surface area contributed by atoms with Gasteiger partial charge in [-0.1, -0.05) is 13.8 Å². The minimum atomic E-state index is -0.431. The highest BCUT2D eigenvalue weighted by molar-refractivity contribution is 6.00. The molecule has 0 spiro atoms. The molecule has 1 aliphatic heterocycles. The van der Waals surface area contributed by atoms with E-state index in [-0.39, 0.29) is 11.2 Å². The molecule has 160 valence electrons. The average Bonchev–Trinajstić information content (AvgIpc) is 2.98. The zero-order valence-electron chi connectivity index (χ0n) is 18.4. The van der Waals surface area contributed by atoms with Crippen molar-refractivity contribution in [3.63, 3.8) is 0 Å². The first-order chi connectivity index (χ1) is 14.1. The van der Waals surface area contributed by atoms with Crippen molar-refractivity contribution in [1.82, 2.24) is 9.47 Å². The zero-order valence-corrected chi connectivity index (χ0v) is 18.4. The SMILES string of the molecule is Cc1cc2c(n1-c1ccc(C(N)=O)c(NC3CCN(C)CC3)c1)CC(C)(C)CC2=O. The third-order valence-electron chi connectivity index (χ3n) is 6.48. The van der Waals surface area contributed by atoms with Crippen LogP contribution in [0.1, 0.15) is 65.2 Å². The number of nitrogens with one attached hydrogen (secondary N) is 1. The van der Waals surface area contributed by atoms with Crippen molar-refractivity contribution in [3.05, 3.63) is 46.8 Å². The van der Waals surface area contributed by atoms with E-state index in [0.717, 1.165) is 60.7 Å². The third-order valence-corrected chi connectivity index (χ3v) is 6.48. The molecule has 6 heteroatoms. The molecule has 6 nitrogen and oxygen atoms in total. The number of anilines is 1. The molecule has 0 unspecified atom stereocenters. The number of carbonyl (C=O) groups excluding carboxylic acids is 2. The number of hydrogen-bond donors (Lipinski definition) is 2. The van der Waals surface area contributed by atoms with Gasteiger partial charge in [-0.2, -0.15) is 0 Å². The normalized spacial score (nSPS) is 19.5. The lowest BCUT2D eigenvalue weighted by Gasteiger charge is -2.31. The molecule has 0 saturated carbocycles. The van der Waals surface area contributed by atoms with E-state index in [4.69, 9.17) is 5.73 Å². The van der Waals surface area contributed by atoms with Crippen LogP contribution in [0.3, 0.4) is 0 Å². The van der Waals surface area contributed by atoms with E-state index in [9.17, 15) is 9.59 Å². The van der Waals surface area contributed by atoms with Crippen LogP contribution in [0.15, 0.2) is 24.3 Å². The van der Waals surface area contributed by atoms with Crippen LogP contribution in [-0.4, -0.2) is 47.3 Å². The van der Waals surface area contributed by atoms with Gasteiger partial charge in [0.2, 0.25) is 0 Å². The molecule has 1 saturated heterocycles. The largest absolute Gasteiger partial charge is 0.382 e. The van der Waals surface area contributed by atoms with E-state index in [1.807, 2.05) is 25.1 Å². The van der Waals surface area contributed by atoms with Crippen LogP contribution < -0.4 is 11.1 Å². The van der Waals surface area contributed by atoms with Gasteiger partial charge in [0.25, 0.3) is 5.91 Å². The number of amides is 1. The van der Waals surface area contributed by atoms with Gasteiger partial charge in [0.1, 0.15) is 0 Å². The number of rotatable bonds is 4. The first kappa shape index (κ1) is 20.7. The summed E-state index contributed by atoms with van der Waals surface area (Å²) >= 11 is 0. The van der Waals surface area contributed by atoms with Crippen LogP contribution in [0, 0.1) is 12.3 Å². The number of Topliss-reactive ketones (excluding diaryl/α,β-unsaturated/α-hetero) is 1. The van der Waals surface area contributed by atoms with Gasteiger partial charge in [0, 0.05) is 40.8 Å². The summed E-state index contributed by atoms with van der Waals surface area (Å²) in [6.45, 7) is 8.38. The Hall–Kier alpha value is -2.60. The quantitative estimate of drug-likeness (QED) is 0.811. The number of piperidine rings is 1. The molecule has 0 radical (unpaired) electrons. The highest BCUT2D eigenvalue weighted by atomic mass is 16.1. The predicted octanol–water partition coefficient (Wildman–Crippen LogP) is 3.55. The number of fused-ring (bicyclic) bond motifs is 1. The third kappa shape index (κ3) is 3.88. The van der Waals surface area contributed by atoms with Gasteiger partial charge in [0.05, 0.1) is 5.56 Å². The smallest absolute Gasteiger partial charge is 0.250 e. The minimum absolute atomic E-state index is 0.0605. The highest BCUT2D eigenvalue weighted by Crippen LogP contribution is 2.38. The van der Waals surface area contributed by atoms with Crippen molar-refractivity contribution >= 4 is 17.4 Å². The van der Waals surface area contributed by atoms with Gasteiger partial charge in [0.15, 0.2) is 5.78 Å². The Bertz CT molecular complexity index is 997. The fourth-order valence-corrected chi connectivity index (χ4v) is 4.89. The predicted molar refractivity (Wildman–Crippen MR) is 120 cm³/mol. The number of hydrogen-bond acceptors (Lipinski definition) is 4. The number of carbonyl (C=O) groups is 2. The van der Waals surface area contributed by atoms with Crippen molar-refractivity contribution in [3.8, 4) is 5.69 Å². The van der Waals surface area contributed by atoms with Crippen molar-refractivity contribution in [1.29, 1.82) is 0 Å². The van der Waals surface area contributed by atoms with Gasteiger partial charge in [-0.05, 0) is 76.0 Å². The van der Waals surface area contributed by atoms with Crippen molar-refractivity contribution in [2.24, 2.45) is 11.1 Å². The Morgan fingerprint density at radius 1 is 1.17 bits per heavy atom. The second-order valence-electron chi connectivity index (χ2n) is 9.74. The summed E-state index contributed by atoms with van der Waals surface area (Å²) in [5, 5.41) is 3.57. The zero-order chi connectivity index (χ0) is 21.6. The molecule has 1 aromatic heterocycles. The van der Waals surface area contributed by atoms with E-state index >= 15 is 0 Å². The van der Waals surface area contributed by atoms with Crippen LogP contribution in [0.5, 0.6) is 0 Å². The maximum atomic E-state index is 12.7. The first-order valence-electron chi connectivity index (χ1n) is 10.8. The standard InChI is InChI=1S/C24H32N4O2/c1-15-11-19-21(13-24(2,3)14-22(19)29)28(15)17-5-6-18(23(25)30)20(12-17)26-16-7-9-27(4)10-8-16/h5-6,11-12,16,26H,7-10,13-14H2,1-4H3,(H2,25,30). The number of primary amides is 1. The molecular formula is C24H32N4O2. The molecule has 0 bridgehead atoms. The lowest BCUT2D eigenvalue weighted by atomic mass is 9.76. The number of likely N-dealkylation sites (tertiary alicyclic amines) is 1. The van der Waals surface area contributed by atoms with Crippen molar-refractivity contribution in [2.45, 2.75) is 52.5 Å². The van der Waals surface area contributed by atoms with Crippen molar-refractivity contribution < 1.29 is 9.59 Å². The summed E-state index contributed by atoms with van der Waals surface area (Å²) in [6, 6.07) is 8.06. The molecule has 1 aliphatic carbocycles. The summed E-state index contributed by atoms with van der Waals surface area (Å²) < 4.78 is 2.17. The first-order valence-corrected chi connectivity index (χ1v) is 10.8. The Labute approximate surface area is 178 Å². The lowest BCUT2D eigenvalue weighted by Crippen LogP contribution is -2.37. The molecular weight excluding hydrogens is 376 g/mol. The van der Waals surface area contributed by atoms with E-state index < -0.39 is 5.91 Å². The molecule has 4 rings (SSSR count). The molecule has 1 fully saturated rings. The highest BCUT2D eigenvalue weighted by Gasteiger charge is 2.34. The van der Waals surface area contributed by atoms with Crippen LogP contribution >= 0.6 is 0 Å². The number of nitrogens with zero attached hydrogens (tertiary/aromatic N) is 2. The maximum absolute atomic E-state index is 12.7. The van der Waals surface area contributed by atoms with Gasteiger partial charge in [-0.25, -0.2) is 0 Å². The van der Waals surface area contributed by atoms with E-state index in [1.165, 1.54) is 0 Å². The van der Waals surface area contributed by atoms with Gasteiger partial charge in [-0.15, -0.1) is 0 Å². The lowest BCUT2D eigenvalue weighted by molar-refractivity contribution is 0.0910. The van der Waals surface area contributed by atoms with E-state index in [2.05, 4.69) is 35.7 Å². The van der Waals surface area contributed by atoms with Crippen molar-refractivity contribution in [2.75, 3.05) is 25.5 Å². The fraction of sp³-hybridized carbons (Fsp3) is 0.500. The molecule has 1 aromatic carbocycles. The molecule has 2 aliphatic rings. The Morgan fingerprint density at radius 2 is 1.87 bits per heavy atom. The summed E-state index contributed by atoms with van der Waals surface area (Å²) in [5.41, 5.74) is 10.8. The molecule has 2 heterocycles. The summed E-state index contributed by atoms with van der Waals surface area (Å²) in [7, 11) is 2.13. The van der Waals surface area contributed by atoms with Gasteiger partial charge < -0.3 is 20.5 Å². The van der Waals surface area contributed by atoms with Crippen LogP contribution in [0.25, 0.3) is 5.69 Å². The number of aryl methyl sites for hydroxylation is 1. The number of aromatic nitrogens is 1. The Morgan fingerprint density at radius 3 is 2.53 bits per heavy atom. The maximum Gasteiger partial charge on any atom is 0.250 e. The van der Waals surface area contributed by atoms with E-state index in [1.54, 1.807) is 6.07 Å². The molecule has 2 aromatic rings. The minimum Gasteiger partial charge on any atom is -0.382 e. The molecule has 0 atom stereocenters.